The summed E-state index contributed by atoms with van der Waals surface area (Å²) in [6.07, 6.45) is 6.24. The van der Waals surface area contributed by atoms with Gasteiger partial charge in [0.1, 0.15) is 5.75 Å². The van der Waals surface area contributed by atoms with Gasteiger partial charge in [0, 0.05) is 24.5 Å². The lowest BCUT2D eigenvalue weighted by atomic mass is 10.1. The monoisotopic (exact) mass is 335 g/mol. The molecule has 5 nitrogen and oxygen atoms in total. The number of hydrogen-bond acceptors (Lipinski definition) is 3. The third-order valence-corrected chi connectivity index (χ3v) is 4.19. The Balaban J connectivity index is 1.55. The fourth-order valence-corrected chi connectivity index (χ4v) is 2.71. The van der Waals surface area contributed by atoms with Gasteiger partial charge >= 0.3 is 0 Å². The average Bonchev–Trinajstić information content (AvgIpc) is 3.16. The molecule has 0 bridgehead atoms. The predicted octanol–water partition coefficient (Wildman–Crippen LogP) is 3.39. The molecule has 3 aromatic rings. The number of nitrogens with zero attached hydrogens (tertiary/aromatic N) is 2. The molecule has 0 radical (unpaired) electrons. The zero-order valence-corrected chi connectivity index (χ0v) is 14.1. The van der Waals surface area contributed by atoms with Gasteiger partial charge < -0.3 is 15.0 Å². The first-order valence-electron chi connectivity index (χ1n) is 8.28. The number of carbonyl (C=O) groups is 1. The van der Waals surface area contributed by atoms with Crippen molar-refractivity contribution < 1.29 is 9.90 Å². The number of aryl methyl sites for hydroxylation is 1. The molecule has 0 unspecified atom stereocenters. The van der Waals surface area contributed by atoms with Crippen molar-refractivity contribution in [3.63, 3.8) is 0 Å². The topological polar surface area (TPSA) is 67.2 Å². The number of carbonyl (C=O) groups excluding carboxylic acids is 1. The Morgan fingerprint density at radius 3 is 2.64 bits per heavy atom. The molecule has 2 aromatic carbocycles. The molecule has 25 heavy (non-hydrogen) atoms. The first-order chi connectivity index (χ1) is 12.1. The summed E-state index contributed by atoms with van der Waals surface area (Å²) in [5.41, 5.74) is 2.86. The highest BCUT2D eigenvalue weighted by Gasteiger charge is 2.11. The van der Waals surface area contributed by atoms with E-state index in [9.17, 15) is 9.90 Å². The van der Waals surface area contributed by atoms with Crippen LogP contribution >= 0.6 is 0 Å². The maximum atomic E-state index is 12.2. The second kappa shape index (κ2) is 7.66. The SMILES string of the molecule is C[C@H](NC(=O)CCc1ccccc1O)c1ccc(-n2ccnc2)cc1. The van der Waals surface area contributed by atoms with Crippen LogP contribution in [0.3, 0.4) is 0 Å². The minimum Gasteiger partial charge on any atom is -0.508 e. The molecule has 0 aliphatic carbocycles. The molecule has 1 amide bonds. The van der Waals surface area contributed by atoms with Crippen LogP contribution in [-0.4, -0.2) is 20.6 Å². The largest absolute Gasteiger partial charge is 0.508 e. The molecule has 1 heterocycles. The van der Waals surface area contributed by atoms with Crippen LogP contribution in [0.4, 0.5) is 0 Å². The zero-order chi connectivity index (χ0) is 17.6. The fraction of sp³-hybridized carbons (Fsp3) is 0.200. The molecule has 0 saturated heterocycles. The van der Waals surface area contributed by atoms with E-state index in [1.54, 1.807) is 24.7 Å². The maximum absolute atomic E-state index is 12.2. The number of amides is 1. The van der Waals surface area contributed by atoms with Crippen LogP contribution < -0.4 is 5.32 Å². The Morgan fingerprint density at radius 2 is 1.96 bits per heavy atom. The summed E-state index contributed by atoms with van der Waals surface area (Å²) in [6, 6.07) is 15.0. The molecule has 1 atom stereocenters. The van der Waals surface area contributed by atoms with E-state index in [0.29, 0.717) is 12.8 Å². The number of hydrogen-bond donors (Lipinski definition) is 2. The highest BCUT2D eigenvalue weighted by Crippen LogP contribution is 2.18. The van der Waals surface area contributed by atoms with Crippen molar-refractivity contribution in [3.8, 4) is 11.4 Å². The lowest BCUT2D eigenvalue weighted by molar-refractivity contribution is -0.121. The minimum absolute atomic E-state index is 0.0329. The summed E-state index contributed by atoms with van der Waals surface area (Å²) in [5, 5.41) is 12.7. The molecule has 0 aliphatic heterocycles. The number of benzene rings is 2. The van der Waals surface area contributed by atoms with Gasteiger partial charge in [0.2, 0.25) is 5.91 Å². The number of aromatic hydroxyl groups is 1. The van der Waals surface area contributed by atoms with Crippen LogP contribution in [0.1, 0.15) is 30.5 Å². The summed E-state index contributed by atoms with van der Waals surface area (Å²) in [4.78, 5) is 16.2. The van der Waals surface area contributed by atoms with E-state index in [4.69, 9.17) is 0 Å². The maximum Gasteiger partial charge on any atom is 0.220 e. The van der Waals surface area contributed by atoms with Crippen molar-refractivity contribution in [2.24, 2.45) is 0 Å². The van der Waals surface area contributed by atoms with Gasteiger partial charge in [-0.3, -0.25) is 4.79 Å². The van der Waals surface area contributed by atoms with Crippen LogP contribution in [0.5, 0.6) is 5.75 Å². The van der Waals surface area contributed by atoms with E-state index in [1.165, 1.54) is 0 Å². The van der Waals surface area contributed by atoms with Gasteiger partial charge in [-0.25, -0.2) is 4.98 Å². The van der Waals surface area contributed by atoms with Gasteiger partial charge in [0.05, 0.1) is 12.4 Å². The normalized spacial score (nSPS) is 11.9. The van der Waals surface area contributed by atoms with Crippen LogP contribution in [0, 0.1) is 0 Å². The lowest BCUT2D eigenvalue weighted by Crippen LogP contribution is -2.26. The summed E-state index contributed by atoms with van der Waals surface area (Å²) in [7, 11) is 0. The Labute approximate surface area is 147 Å². The molecule has 1 aromatic heterocycles. The van der Waals surface area contributed by atoms with E-state index in [1.807, 2.05) is 54.1 Å². The first kappa shape index (κ1) is 16.8. The van der Waals surface area contributed by atoms with E-state index in [2.05, 4.69) is 10.3 Å². The number of phenolic OH excluding ortho intramolecular Hbond substituents is 1. The smallest absolute Gasteiger partial charge is 0.220 e. The molecule has 5 heteroatoms. The van der Waals surface area contributed by atoms with Crippen molar-refractivity contribution in [3.05, 3.63) is 78.4 Å². The standard InChI is InChI=1S/C20H21N3O2/c1-15(16-6-9-18(10-7-16)23-13-12-21-14-23)22-20(25)11-8-17-4-2-3-5-19(17)24/h2-7,9-10,12-15,24H,8,11H2,1H3,(H,22,25)/t15-/m0/s1. The Kier molecular flexibility index (Phi) is 5.14. The lowest BCUT2D eigenvalue weighted by Gasteiger charge is -2.15. The Hall–Kier alpha value is -3.08. The van der Waals surface area contributed by atoms with Crippen LogP contribution in [0.2, 0.25) is 0 Å². The zero-order valence-electron chi connectivity index (χ0n) is 14.1. The number of phenols is 1. The predicted molar refractivity (Wildman–Crippen MR) is 96.5 cm³/mol. The van der Waals surface area contributed by atoms with Crippen molar-refractivity contribution in [2.75, 3.05) is 0 Å². The number of imidazole rings is 1. The summed E-state index contributed by atoms with van der Waals surface area (Å²) >= 11 is 0. The van der Waals surface area contributed by atoms with Crippen molar-refractivity contribution in [1.29, 1.82) is 0 Å². The van der Waals surface area contributed by atoms with Gasteiger partial charge in [-0.15, -0.1) is 0 Å². The second-order valence-electron chi connectivity index (χ2n) is 5.98. The summed E-state index contributed by atoms with van der Waals surface area (Å²) < 4.78 is 1.93. The molecule has 3 rings (SSSR count). The van der Waals surface area contributed by atoms with Gasteiger partial charge in [0.25, 0.3) is 0 Å². The average molecular weight is 335 g/mol. The molecular formula is C20H21N3O2. The van der Waals surface area contributed by atoms with E-state index in [0.717, 1.165) is 16.8 Å². The number of rotatable bonds is 6. The first-order valence-corrected chi connectivity index (χ1v) is 8.28. The molecule has 128 valence electrons. The third-order valence-electron chi connectivity index (χ3n) is 4.19. The van der Waals surface area contributed by atoms with Gasteiger partial charge in [-0.2, -0.15) is 0 Å². The number of para-hydroxylation sites is 1. The molecule has 2 N–H and O–H groups in total. The molecule has 0 aliphatic rings. The van der Waals surface area contributed by atoms with Gasteiger partial charge in [-0.1, -0.05) is 30.3 Å². The minimum atomic E-state index is -0.0753. The Bertz CT molecular complexity index is 826. The summed E-state index contributed by atoms with van der Waals surface area (Å²) in [6.45, 7) is 1.96. The van der Waals surface area contributed by atoms with Crippen molar-refractivity contribution in [2.45, 2.75) is 25.8 Å². The van der Waals surface area contributed by atoms with Crippen molar-refractivity contribution in [1.82, 2.24) is 14.9 Å². The third kappa shape index (κ3) is 4.26. The Morgan fingerprint density at radius 1 is 1.20 bits per heavy atom. The van der Waals surface area contributed by atoms with Crippen LogP contribution in [0.15, 0.2) is 67.3 Å². The van der Waals surface area contributed by atoms with E-state index >= 15 is 0 Å². The quantitative estimate of drug-likeness (QED) is 0.725. The molecule has 0 fully saturated rings. The van der Waals surface area contributed by atoms with E-state index < -0.39 is 0 Å². The van der Waals surface area contributed by atoms with Crippen LogP contribution in [-0.2, 0) is 11.2 Å². The second-order valence-corrected chi connectivity index (χ2v) is 5.98. The molecule has 0 spiro atoms. The van der Waals surface area contributed by atoms with Gasteiger partial charge in [0.15, 0.2) is 0 Å². The van der Waals surface area contributed by atoms with E-state index in [-0.39, 0.29) is 17.7 Å². The highest BCUT2D eigenvalue weighted by atomic mass is 16.3. The number of aromatic nitrogens is 2. The van der Waals surface area contributed by atoms with Gasteiger partial charge in [-0.05, 0) is 42.7 Å². The van der Waals surface area contributed by atoms with Crippen molar-refractivity contribution >= 4 is 5.91 Å². The fourth-order valence-electron chi connectivity index (χ4n) is 2.71. The molecular weight excluding hydrogens is 314 g/mol. The van der Waals surface area contributed by atoms with Crippen LogP contribution in [0.25, 0.3) is 5.69 Å². The number of nitrogens with one attached hydrogen (secondary N) is 1. The summed E-state index contributed by atoms with van der Waals surface area (Å²) in [5.74, 6) is 0.202. The molecule has 0 saturated carbocycles. The highest BCUT2D eigenvalue weighted by molar-refractivity contribution is 5.76.